The Morgan fingerprint density at radius 3 is 2.83 bits per heavy atom. The Balaban J connectivity index is 1.85. The van der Waals surface area contributed by atoms with Crippen molar-refractivity contribution in [2.24, 2.45) is 0 Å². The van der Waals surface area contributed by atoms with Crippen molar-refractivity contribution in [3.05, 3.63) is 70.3 Å². The fourth-order valence-electron chi connectivity index (χ4n) is 3.98. The van der Waals surface area contributed by atoms with E-state index in [2.05, 4.69) is 0 Å². The smallest absolute Gasteiger partial charge is 0.295 e. The van der Waals surface area contributed by atoms with Gasteiger partial charge in [-0.15, -0.1) is 0 Å². The minimum absolute atomic E-state index is 0.107. The number of aryl methyl sites for hydroxylation is 1. The Morgan fingerprint density at radius 1 is 1.24 bits per heavy atom. The Hall–Kier alpha value is -3.12. The van der Waals surface area contributed by atoms with Gasteiger partial charge in [-0.25, -0.2) is 0 Å². The molecule has 1 fully saturated rings. The summed E-state index contributed by atoms with van der Waals surface area (Å²) in [6.07, 6.45) is 0.750. The normalized spacial score (nSPS) is 20.1. The molecular formula is C23H23NO5. The predicted molar refractivity (Wildman–Crippen MR) is 108 cm³/mol. The second kappa shape index (κ2) is 7.72. The third kappa shape index (κ3) is 3.40. The Morgan fingerprint density at radius 2 is 2.07 bits per heavy atom. The number of hydrogen-bond acceptors (Lipinski definition) is 5. The highest BCUT2D eigenvalue weighted by Gasteiger charge is 2.45. The van der Waals surface area contributed by atoms with Gasteiger partial charge in [0, 0.05) is 25.6 Å². The van der Waals surface area contributed by atoms with Crippen LogP contribution in [0, 0.1) is 6.92 Å². The van der Waals surface area contributed by atoms with Crippen LogP contribution in [0.1, 0.15) is 28.3 Å². The summed E-state index contributed by atoms with van der Waals surface area (Å²) in [4.78, 5) is 27.2. The van der Waals surface area contributed by atoms with Gasteiger partial charge in [-0.05, 0) is 36.2 Å². The van der Waals surface area contributed by atoms with Crippen LogP contribution in [0.15, 0.2) is 48.0 Å². The quantitative estimate of drug-likeness (QED) is 0.480. The van der Waals surface area contributed by atoms with E-state index in [1.54, 1.807) is 19.2 Å². The van der Waals surface area contributed by atoms with E-state index in [-0.39, 0.29) is 17.9 Å². The van der Waals surface area contributed by atoms with Gasteiger partial charge in [0.1, 0.15) is 11.5 Å². The highest BCUT2D eigenvalue weighted by Crippen LogP contribution is 2.40. The van der Waals surface area contributed by atoms with Crippen molar-refractivity contribution in [1.82, 2.24) is 4.90 Å². The number of benzene rings is 2. The summed E-state index contributed by atoms with van der Waals surface area (Å²) in [7, 11) is 1.55. The van der Waals surface area contributed by atoms with E-state index >= 15 is 0 Å². The number of likely N-dealkylation sites (tertiary alicyclic amines) is 1. The summed E-state index contributed by atoms with van der Waals surface area (Å²) in [5, 5.41) is 11.1. The van der Waals surface area contributed by atoms with Crippen molar-refractivity contribution in [1.29, 1.82) is 0 Å². The third-order valence-corrected chi connectivity index (χ3v) is 5.40. The first-order chi connectivity index (χ1) is 14.0. The summed E-state index contributed by atoms with van der Waals surface area (Å²) in [5.41, 5.74) is 3.39. The Bertz CT molecular complexity index is 1010. The number of rotatable bonds is 5. The van der Waals surface area contributed by atoms with Crippen LogP contribution in [0.4, 0.5) is 0 Å². The summed E-state index contributed by atoms with van der Waals surface area (Å²) in [6, 6.07) is 12.3. The molecule has 1 N–H and O–H groups in total. The van der Waals surface area contributed by atoms with Gasteiger partial charge in [0.25, 0.3) is 11.7 Å². The lowest BCUT2D eigenvalue weighted by atomic mass is 9.94. The number of ether oxygens (including phenoxy) is 2. The first-order valence-electron chi connectivity index (χ1n) is 9.61. The molecule has 0 aliphatic carbocycles. The molecular weight excluding hydrogens is 370 g/mol. The third-order valence-electron chi connectivity index (χ3n) is 5.40. The van der Waals surface area contributed by atoms with Crippen LogP contribution in [0.3, 0.4) is 0 Å². The van der Waals surface area contributed by atoms with Crippen molar-refractivity contribution in [2.75, 3.05) is 26.9 Å². The van der Waals surface area contributed by atoms with E-state index < -0.39 is 17.7 Å². The molecule has 2 aromatic carbocycles. The van der Waals surface area contributed by atoms with Crippen molar-refractivity contribution in [3.8, 4) is 5.75 Å². The number of hydrogen-bond donors (Lipinski definition) is 1. The fourth-order valence-corrected chi connectivity index (χ4v) is 3.98. The molecule has 29 heavy (non-hydrogen) atoms. The van der Waals surface area contributed by atoms with Crippen molar-refractivity contribution in [2.45, 2.75) is 19.4 Å². The van der Waals surface area contributed by atoms with Gasteiger partial charge in [0.15, 0.2) is 0 Å². The van der Waals surface area contributed by atoms with Crippen LogP contribution >= 0.6 is 0 Å². The number of aliphatic hydroxyl groups is 1. The van der Waals surface area contributed by atoms with E-state index in [1.807, 2.05) is 37.3 Å². The molecule has 0 aromatic heterocycles. The zero-order chi connectivity index (χ0) is 20.5. The molecule has 4 rings (SSSR count). The minimum Gasteiger partial charge on any atom is -0.507 e. The number of fused-ring (bicyclic) bond motifs is 1. The Kier molecular flexibility index (Phi) is 5.11. The first-order valence-corrected chi connectivity index (χ1v) is 9.61. The van der Waals surface area contributed by atoms with E-state index in [4.69, 9.17) is 9.47 Å². The second-order valence-electron chi connectivity index (χ2n) is 7.32. The van der Waals surface area contributed by atoms with Crippen LogP contribution in [0.25, 0.3) is 5.76 Å². The summed E-state index contributed by atoms with van der Waals surface area (Å²) in [5.74, 6) is -0.678. The van der Waals surface area contributed by atoms with Gasteiger partial charge < -0.3 is 19.5 Å². The van der Waals surface area contributed by atoms with Gasteiger partial charge in [-0.2, -0.15) is 0 Å². The second-order valence-corrected chi connectivity index (χ2v) is 7.32. The van der Waals surface area contributed by atoms with Crippen LogP contribution in [0.5, 0.6) is 5.75 Å². The monoisotopic (exact) mass is 393 g/mol. The molecule has 0 radical (unpaired) electrons. The highest BCUT2D eigenvalue weighted by molar-refractivity contribution is 6.46. The number of carbonyl (C=O) groups excluding carboxylic acids is 2. The zero-order valence-corrected chi connectivity index (χ0v) is 16.5. The molecule has 1 unspecified atom stereocenters. The molecule has 6 nitrogen and oxygen atoms in total. The zero-order valence-electron chi connectivity index (χ0n) is 16.5. The van der Waals surface area contributed by atoms with Crippen molar-refractivity contribution >= 4 is 17.4 Å². The van der Waals surface area contributed by atoms with Gasteiger partial charge in [0.2, 0.25) is 0 Å². The Labute approximate surface area is 169 Å². The van der Waals surface area contributed by atoms with E-state index in [0.717, 1.165) is 28.9 Å². The average Bonchev–Trinajstić information content (AvgIpc) is 3.28. The molecule has 150 valence electrons. The topological polar surface area (TPSA) is 76.1 Å². The maximum atomic E-state index is 12.9. The van der Waals surface area contributed by atoms with E-state index in [9.17, 15) is 14.7 Å². The molecule has 1 atom stereocenters. The van der Waals surface area contributed by atoms with Gasteiger partial charge >= 0.3 is 0 Å². The van der Waals surface area contributed by atoms with Crippen LogP contribution in [-0.4, -0.2) is 48.6 Å². The predicted octanol–water partition coefficient (Wildman–Crippen LogP) is 3.00. The standard InChI is InChI=1S/C23H23NO5/c1-14-4-3-5-16(12-14)20-19(22(26)23(27)24(20)9-11-28-2)21(25)17-6-7-18-15(13-17)8-10-29-18/h3-7,12-13,20,25H,8-11H2,1-2H3/b21-19-. The first kappa shape index (κ1) is 19.2. The highest BCUT2D eigenvalue weighted by atomic mass is 16.5. The number of carbonyl (C=O) groups is 2. The minimum atomic E-state index is -0.679. The number of aliphatic hydroxyl groups excluding tert-OH is 1. The largest absolute Gasteiger partial charge is 0.507 e. The molecule has 0 spiro atoms. The van der Waals surface area contributed by atoms with Crippen molar-refractivity contribution in [3.63, 3.8) is 0 Å². The van der Waals surface area contributed by atoms with Crippen LogP contribution < -0.4 is 4.74 Å². The lowest BCUT2D eigenvalue weighted by Gasteiger charge is -2.25. The molecule has 0 bridgehead atoms. The molecule has 2 aromatic rings. The molecule has 2 heterocycles. The molecule has 2 aliphatic heterocycles. The summed E-state index contributed by atoms with van der Waals surface area (Å²) >= 11 is 0. The number of amides is 1. The van der Waals surface area contributed by atoms with E-state index in [1.165, 1.54) is 4.90 Å². The van der Waals surface area contributed by atoms with Gasteiger partial charge in [0.05, 0.1) is 24.8 Å². The number of nitrogens with zero attached hydrogens (tertiary/aromatic N) is 1. The number of ketones is 1. The van der Waals surface area contributed by atoms with Crippen LogP contribution in [0.2, 0.25) is 0 Å². The average molecular weight is 393 g/mol. The van der Waals surface area contributed by atoms with Gasteiger partial charge in [-0.3, -0.25) is 9.59 Å². The van der Waals surface area contributed by atoms with E-state index in [0.29, 0.717) is 18.8 Å². The lowest BCUT2D eigenvalue weighted by molar-refractivity contribution is -0.140. The number of Topliss-reactive ketones (excluding diaryl/α,β-unsaturated/α-hetero) is 1. The lowest BCUT2D eigenvalue weighted by Crippen LogP contribution is -2.32. The molecule has 1 saturated heterocycles. The fraction of sp³-hybridized carbons (Fsp3) is 0.304. The van der Waals surface area contributed by atoms with Gasteiger partial charge in [-0.1, -0.05) is 29.8 Å². The maximum Gasteiger partial charge on any atom is 0.295 e. The SMILES string of the molecule is COCCN1C(=O)C(=O)/C(=C(\O)c2ccc3c(c2)CCO3)C1c1cccc(C)c1. The number of methoxy groups -OCH3 is 1. The van der Waals surface area contributed by atoms with Crippen LogP contribution in [-0.2, 0) is 20.7 Å². The molecule has 6 heteroatoms. The summed E-state index contributed by atoms with van der Waals surface area (Å²) < 4.78 is 10.6. The maximum absolute atomic E-state index is 12.9. The molecule has 1 amide bonds. The molecule has 2 aliphatic rings. The molecule has 0 saturated carbocycles. The summed E-state index contributed by atoms with van der Waals surface area (Å²) in [6.45, 7) is 3.11. The van der Waals surface area contributed by atoms with Crippen molar-refractivity contribution < 1.29 is 24.2 Å².